The molecule has 1 atom stereocenters. The lowest BCUT2D eigenvalue weighted by Gasteiger charge is -2.13. The number of hydrogen-bond acceptors (Lipinski definition) is 1. The fourth-order valence-electron chi connectivity index (χ4n) is 3.45. The van der Waals surface area contributed by atoms with Crippen LogP contribution in [0.2, 0.25) is 0 Å². The van der Waals surface area contributed by atoms with Crippen LogP contribution in [0.5, 0.6) is 0 Å². The average molecular weight is 333 g/mol. The van der Waals surface area contributed by atoms with E-state index in [0.29, 0.717) is 12.3 Å². The molecule has 1 heterocycles. The predicted octanol–water partition coefficient (Wildman–Crippen LogP) is 5.29. The molecule has 3 rings (SSSR count). The Bertz CT molecular complexity index is 871. The van der Waals surface area contributed by atoms with Crippen LogP contribution in [0, 0.1) is 5.92 Å². The maximum atomic E-state index is 12.8. The summed E-state index contributed by atoms with van der Waals surface area (Å²) in [6.07, 6.45) is 1.55. The number of aryl methyl sites for hydroxylation is 1. The van der Waals surface area contributed by atoms with Crippen LogP contribution in [0.3, 0.4) is 0 Å². The number of nitrogens with zero attached hydrogens (tertiary/aromatic N) is 1. The molecule has 0 radical (unpaired) electrons. The van der Waals surface area contributed by atoms with Gasteiger partial charge in [0.05, 0.1) is 0 Å². The van der Waals surface area contributed by atoms with Crippen molar-refractivity contribution >= 4 is 16.7 Å². The Morgan fingerprint density at radius 3 is 2.32 bits per heavy atom. The summed E-state index contributed by atoms with van der Waals surface area (Å²) < 4.78 is 2.13. The normalized spacial score (nSPS) is 12.7. The lowest BCUT2D eigenvalue weighted by Crippen LogP contribution is -2.14. The summed E-state index contributed by atoms with van der Waals surface area (Å²) in [6, 6.07) is 19.0. The number of para-hydroxylation sites is 1. The highest BCUT2D eigenvalue weighted by Gasteiger charge is 2.18. The number of ketones is 1. The molecule has 0 fully saturated rings. The molecule has 1 aromatic heterocycles. The molecule has 0 N–H and O–H groups in total. The average Bonchev–Trinajstić information content (AvgIpc) is 2.90. The molecule has 0 saturated carbocycles. The third-order valence-electron chi connectivity index (χ3n) is 5.01. The molecule has 25 heavy (non-hydrogen) atoms. The minimum atomic E-state index is -0.0777. The molecule has 0 aliphatic heterocycles. The Balaban J connectivity index is 1.74. The standard InChI is InChI=1S/C23H27NO/c1-16(2)13-18-9-11-19(12-10-18)17(3)23(25)15-21-14-20-7-5-6-8-22(20)24(21)4/h5-12,14,16-17H,13,15H2,1-4H3. The number of carbonyl (C=O) groups is 1. The van der Waals surface area contributed by atoms with Crippen LogP contribution in [0.4, 0.5) is 0 Å². The number of rotatable bonds is 6. The second kappa shape index (κ2) is 7.26. The first-order valence-electron chi connectivity index (χ1n) is 9.10. The van der Waals surface area contributed by atoms with Crippen molar-refractivity contribution in [1.82, 2.24) is 4.57 Å². The minimum Gasteiger partial charge on any atom is -0.347 e. The van der Waals surface area contributed by atoms with Crippen molar-refractivity contribution in [2.75, 3.05) is 0 Å². The van der Waals surface area contributed by atoms with Crippen LogP contribution >= 0.6 is 0 Å². The van der Waals surface area contributed by atoms with E-state index in [9.17, 15) is 4.79 Å². The van der Waals surface area contributed by atoms with Gasteiger partial charge in [0.1, 0.15) is 5.78 Å². The van der Waals surface area contributed by atoms with E-state index in [0.717, 1.165) is 17.7 Å². The Hall–Kier alpha value is -2.35. The van der Waals surface area contributed by atoms with E-state index >= 15 is 0 Å². The van der Waals surface area contributed by atoms with Crippen LogP contribution in [0.15, 0.2) is 54.6 Å². The molecule has 0 spiro atoms. The molecule has 0 aliphatic rings. The van der Waals surface area contributed by atoms with Gasteiger partial charge in [0.2, 0.25) is 0 Å². The van der Waals surface area contributed by atoms with Crippen molar-refractivity contribution < 1.29 is 4.79 Å². The third-order valence-corrected chi connectivity index (χ3v) is 5.01. The van der Waals surface area contributed by atoms with Crippen molar-refractivity contribution in [2.45, 2.75) is 39.5 Å². The number of benzene rings is 2. The molecular weight excluding hydrogens is 306 g/mol. The van der Waals surface area contributed by atoms with Crippen molar-refractivity contribution in [3.63, 3.8) is 0 Å². The van der Waals surface area contributed by atoms with Gasteiger partial charge in [-0.25, -0.2) is 0 Å². The van der Waals surface area contributed by atoms with E-state index in [4.69, 9.17) is 0 Å². The van der Waals surface area contributed by atoms with E-state index in [2.05, 4.69) is 60.9 Å². The summed E-state index contributed by atoms with van der Waals surface area (Å²) >= 11 is 0. The quantitative estimate of drug-likeness (QED) is 0.600. The zero-order valence-electron chi connectivity index (χ0n) is 15.6. The van der Waals surface area contributed by atoms with E-state index < -0.39 is 0 Å². The zero-order chi connectivity index (χ0) is 18.0. The largest absolute Gasteiger partial charge is 0.347 e. The molecular formula is C23H27NO. The highest BCUT2D eigenvalue weighted by atomic mass is 16.1. The Kier molecular flexibility index (Phi) is 5.08. The maximum absolute atomic E-state index is 12.8. The smallest absolute Gasteiger partial charge is 0.145 e. The second-order valence-corrected chi connectivity index (χ2v) is 7.46. The molecule has 3 aromatic rings. The lowest BCUT2D eigenvalue weighted by atomic mass is 9.92. The SMILES string of the molecule is CC(C)Cc1ccc(C(C)C(=O)Cc2cc3ccccc3n2C)cc1. The van der Waals surface area contributed by atoms with Gasteiger partial charge in [-0.1, -0.05) is 63.2 Å². The molecule has 1 unspecified atom stereocenters. The zero-order valence-corrected chi connectivity index (χ0v) is 15.6. The first kappa shape index (κ1) is 17.5. The second-order valence-electron chi connectivity index (χ2n) is 7.46. The summed E-state index contributed by atoms with van der Waals surface area (Å²) in [5, 5.41) is 1.19. The third kappa shape index (κ3) is 3.84. The molecule has 0 amide bonds. The molecule has 0 bridgehead atoms. The number of aromatic nitrogens is 1. The summed E-state index contributed by atoms with van der Waals surface area (Å²) in [4.78, 5) is 12.8. The van der Waals surface area contributed by atoms with Crippen LogP contribution in [0.25, 0.3) is 10.9 Å². The molecule has 0 saturated heterocycles. The molecule has 130 valence electrons. The van der Waals surface area contributed by atoms with Gasteiger partial charge >= 0.3 is 0 Å². The summed E-state index contributed by atoms with van der Waals surface area (Å²) in [7, 11) is 2.04. The highest BCUT2D eigenvalue weighted by molar-refractivity contribution is 5.89. The van der Waals surface area contributed by atoms with E-state index in [-0.39, 0.29) is 11.7 Å². The van der Waals surface area contributed by atoms with E-state index in [1.807, 2.05) is 26.1 Å². The molecule has 2 heteroatoms. The van der Waals surface area contributed by atoms with Crippen molar-refractivity contribution in [1.29, 1.82) is 0 Å². The van der Waals surface area contributed by atoms with Gasteiger partial charge in [0, 0.05) is 30.6 Å². The number of hydrogen-bond donors (Lipinski definition) is 0. The summed E-state index contributed by atoms with van der Waals surface area (Å²) in [5.74, 6) is 0.838. The van der Waals surface area contributed by atoms with Gasteiger partial charge in [-0.05, 0) is 41.0 Å². The van der Waals surface area contributed by atoms with Crippen molar-refractivity contribution in [2.24, 2.45) is 13.0 Å². The monoisotopic (exact) mass is 333 g/mol. The topological polar surface area (TPSA) is 22.0 Å². The van der Waals surface area contributed by atoms with Gasteiger partial charge in [0.15, 0.2) is 0 Å². The molecule has 2 nitrogen and oxygen atoms in total. The number of fused-ring (bicyclic) bond motifs is 1. The van der Waals surface area contributed by atoms with Gasteiger partial charge in [-0.3, -0.25) is 4.79 Å². The van der Waals surface area contributed by atoms with Gasteiger partial charge in [-0.15, -0.1) is 0 Å². The Labute approximate surface area is 150 Å². The fraction of sp³-hybridized carbons (Fsp3) is 0.348. The summed E-state index contributed by atoms with van der Waals surface area (Å²) in [6.45, 7) is 6.47. The number of carbonyl (C=O) groups excluding carboxylic acids is 1. The van der Waals surface area contributed by atoms with Crippen LogP contribution in [-0.4, -0.2) is 10.4 Å². The molecule has 2 aromatic carbocycles. The fourth-order valence-corrected chi connectivity index (χ4v) is 3.45. The van der Waals surface area contributed by atoms with Crippen LogP contribution in [-0.2, 0) is 24.7 Å². The first-order valence-corrected chi connectivity index (χ1v) is 9.10. The lowest BCUT2D eigenvalue weighted by molar-refractivity contribution is -0.119. The number of Topliss-reactive ketones (excluding diaryl/α,β-unsaturated/α-hetero) is 1. The highest BCUT2D eigenvalue weighted by Crippen LogP contribution is 2.23. The Morgan fingerprint density at radius 1 is 1.00 bits per heavy atom. The first-order chi connectivity index (χ1) is 12.0. The van der Waals surface area contributed by atoms with Crippen molar-refractivity contribution in [3.8, 4) is 0 Å². The maximum Gasteiger partial charge on any atom is 0.145 e. The summed E-state index contributed by atoms with van der Waals surface area (Å²) in [5.41, 5.74) is 4.70. The van der Waals surface area contributed by atoms with E-state index in [1.54, 1.807) is 0 Å². The van der Waals surface area contributed by atoms with Gasteiger partial charge in [0.25, 0.3) is 0 Å². The minimum absolute atomic E-state index is 0.0777. The van der Waals surface area contributed by atoms with Crippen molar-refractivity contribution in [3.05, 3.63) is 71.4 Å². The Morgan fingerprint density at radius 2 is 1.68 bits per heavy atom. The van der Waals surface area contributed by atoms with E-state index in [1.165, 1.54) is 16.5 Å². The van der Waals surface area contributed by atoms with Crippen LogP contribution in [0.1, 0.15) is 43.5 Å². The predicted molar refractivity (Wildman–Crippen MR) is 105 cm³/mol. The van der Waals surface area contributed by atoms with Gasteiger partial charge < -0.3 is 4.57 Å². The van der Waals surface area contributed by atoms with Crippen LogP contribution < -0.4 is 0 Å². The van der Waals surface area contributed by atoms with Gasteiger partial charge in [-0.2, -0.15) is 0 Å². The molecule has 0 aliphatic carbocycles.